The fraction of sp³-hybridized carbons (Fsp3) is 0.500. The van der Waals surface area contributed by atoms with Crippen LogP contribution in [0.4, 0.5) is 0 Å². The Bertz CT molecular complexity index is 417. The molecular formula is C14H21N2O3+. The molecule has 1 aromatic rings. The van der Waals surface area contributed by atoms with E-state index in [0.717, 1.165) is 32.8 Å². The number of quaternary nitrogens is 1. The first-order chi connectivity index (χ1) is 9.29. The van der Waals surface area contributed by atoms with E-state index in [1.54, 1.807) is 19.2 Å². The molecule has 104 valence electrons. The number of nitrogens with one attached hydrogen (secondary N) is 2. The second kappa shape index (κ2) is 7.11. The van der Waals surface area contributed by atoms with E-state index in [2.05, 4.69) is 5.32 Å². The van der Waals surface area contributed by atoms with Crippen molar-refractivity contribution in [2.45, 2.75) is 0 Å². The van der Waals surface area contributed by atoms with Crippen LogP contribution in [0.3, 0.4) is 0 Å². The van der Waals surface area contributed by atoms with Crippen molar-refractivity contribution in [2.24, 2.45) is 0 Å². The van der Waals surface area contributed by atoms with Crippen LogP contribution in [0.25, 0.3) is 0 Å². The number of methoxy groups -OCH3 is 1. The third-order valence-electron chi connectivity index (χ3n) is 3.30. The zero-order valence-corrected chi connectivity index (χ0v) is 11.3. The van der Waals surface area contributed by atoms with E-state index in [4.69, 9.17) is 9.47 Å². The molecule has 1 aromatic carbocycles. The Morgan fingerprint density at radius 2 is 2.21 bits per heavy atom. The molecular weight excluding hydrogens is 244 g/mol. The van der Waals surface area contributed by atoms with Gasteiger partial charge < -0.3 is 19.7 Å². The molecule has 2 rings (SSSR count). The van der Waals surface area contributed by atoms with Crippen molar-refractivity contribution in [3.8, 4) is 5.75 Å². The molecule has 0 atom stereocenters. The number of amides is 1. The first-order valence-corrected chi connectivity index (χ1v) is 6.63. The van der Waals surface area contributed by atoms with Crippen LogP contribution < -0.4 is 15.0 Å². The lowest BCUT2D eigenvalue weighted by Crippen LogP contribution is -3.14. The molecule has 0 aromatic heterocycles. The number of carbonyl (C=O) groups is 1. The average Bonchev–Trinajstić information content (AvgIpc) is 2.48. The minimum Gasteiger partial charge on any atom is -0.497 e. The molecule has 0 aliphatic carbocycles. The van der Waals surface area contributed by atoms with Gasteiger partial charge in [-0.05, 0) is 18.2 Å². The normalized spacial score (nSPS) is 16.1. The summed E-state index contributed by atoms with van der Waals surface area (Å²) < 4.78 is 10.4. The van der Waals surface area contributed by atoms with E-state index in [-0.39, 0.29) is 5.91 Å². The zero-order chi connectivity index (χ0) is 13.5. The van der Waals surface area contributed by atoms with E-state index < -0.39 is 0 Å². The average molecular weight is 265 g/mol. The molecule has 0 bridgehead atoms. The molecule has 2 N–H and O–H groups in total. The maximum atomic E-state index is 12.0. The van der Waals surface area contributed by atoms with Gasteiger partial charge in [0.05, 0.1) is 33.4 Å². The molecule has 0 saturated carbocycles. The second-order valence-electron chi connectivity index (χ2n) is 4.60. The topological polar surface area (TPSA) is 52.0 Å². The lowest BCUT2D eigenvalue weighted by atomic mass is 10.2. The summed E-state index contributed by atoms with van der Waals surface area (Å²) in [7, 11) is 1.60. The van der Waals surface area contributed by atoms with Crippen molar-refractivity contribution in [2.75, 3.05) is 46.5 Å². The van der Waals surface area contributed by atoms with Crippen LogP contribution in [0.15, 0.2) is 24.3 Å². The largest absolute Gasteiger partial charge is 0.497 e. The van der Waals surface area contributed by atoms with Crippen molar-refractivity contribution >= 4 is 5.91 Å². The van der Waals surface area contributed by atoms with E-state index >= 15 is 0 Å². The van der Waals surface area contributed by atoms with Crippen LogP contribution in [0.2, 0.25) is 0 Å². The van der Waals surface area contributed by atoms with Gasteiger partial charge in [0.25, 0.3) is 5.91 Å². The lowest BCUT2D eigenvalue weighted by Gasteiger charge is -2.23. The van der Waals surface area contributed by atoms with Gasteiger partial charge in [0.1, 0.15) is 18.8 Å². The number of ether oxygens (including phenoxy) is 2. The summed E-state index contributed by atoms with van der Waals surface area (Å²) in [5.74, 6) is 0.651. The number of hydrogen-bond acceptors (Lipinski definition) is 3. The third kappa shape index (κ3) is 4.22. The van der Waals surface area contributed by atoms with Gasteiger partial charge in [-0.1, -0.05) is 6.07 Å². The van der Waals surface area contributed by atoms with Crippen LogP contribution in [0.1, 0.15) is 10.4 Å². The van der Waals surface area contributed by atoms with Gasteiger partial charge in [0, 0.05) is 5.56 Å². The van der Waals surface area contributed by atoms with E-state index in [1.165, 1.54) is 4.90 Å². The van der Waals surface area contributed by atoms with Gasteiger partial charge in [0.15, 0.2) is 0 Å². The highest BCUT2D eigenvalue weighted by Crippen LogP contribution is 2.11. The Hall–Kier alpha value is -1.59. The molecule has 0 spiro atoms. The van der Waals surface area contributed by atoms with Crippen LogP contribution >= 0.6 is 0 Å². The zero-order valence-electron chi connectivity index (χ0n) is 11.3. The van der Waals surface area contributed by atoms with E-state index in [1.807, 2.05) is 12.1 Å². The molecule has 0 radical (unpaired) electrons. The highest BCUT2D eigenvalue weighted by molar-refractivity contribution is 5.94. The van der Waals surface area contributed by atoms with Gasteiger partial charge in [0.2, 0.25) is 0 Å². The van der Waals surface area contributed by atoms with Crippen molar-refractivity contribution < 1.29 is 19.2 Å². The summed E-state index contributed by atoms with van der Waals surface area (Å²) in [6.07, 6.45) is 0. The monoisotopic (exact) mass is 265 g/mol. The molecule has 1 fully saturated rings. The number of benzene rings is 1. The smallest absolute Gasteiger partial charge is 0.251 e. The lowest BCUT2D eigenvalue weighted by molar-refractivity contribution is -0.906. The maximum absolute atomic E-state index is 12.0. The van der Waals surface area contributed by atoms with Crippen molar-refractivity contribution in [3.63, 3.8) is 0 Å². The van der Waals surface area contributed by atoms with Gasteiger partial charge in [-0.25, -0.2) is 0 Å². The summed E-state index contributed by atoms with van der Waals surface area (Å²) in [4.78, 5) is 13.4. The van der Waals surface area contributed by atoms with Crippen LogP contribution in [0, 0.1) is 0 Å². The molecule has 1 aliphatic rings. The molecule has 5 heteroatoms. The Morgan fingerprint density at radius 1 is 1.42 bits per heavy atom. The molecule has 5 nitrogen and oxygen atoms in total. The summed E-state index contributed by atoms with van der Waals surface area (Å²) in [5.41, 5.74) is 0.635. The molecule has 1 aliphatic heterocycles. The van der Waals surface area contributed by atoms with Crippen LogP contribution in [-0.2, 0) is 4.74 Å². The number of rotatable bonds is 5. The Morgan fingerprint density at radius 3 is 2.95 bits per heavy atom. The number of morpholine rings is 1. The highest BCUT2D eigenvalue weighted by atomic mass is 16.5. The first-order valence-electron chi connectivity index (χ1n) is 6.63. The van der Waals surface area contributed by atoms with Crippen molar-refractivity contribution in [1.29, 1.82) is 0 Å². The molecule has 1 saturated heterocycles. The molecule has 1 amide bonds. The predicted molar refractivity (Wildman–Crippen MR) is 71.7 cm³/mol. The van der Waals surface area contributed by atoms with Gasteiger partial charge in [-0.2, -0.15) is 0 Å². The van der Waals surface area contributed by atoms with Gasteiger partial charge >= 0.3 is 0 Å². The van der Waals surface area contributed by atoms with E-state index in [9.17, 15) is 4.79 Å². The standard InChI is InChI=1S/C14H20N2O3/c1-18-13-4-2-3-12(11-13)14(17)15-5-6-16-7-9-19-10-8-16/h2-4,11H,5-10H2,1H3,(H,15,17)/p+1. The summed E-state index contributed by atoms with van der Waals surface area (Å²) in [5, 5.41) is 2.94. The highest BCUT2D eigenvalue weighted by Gasteiger charge is 2.13. The minimum absolute atomic E-state index is 0.0495. The molecule has 19 heavy (non-hydrogen) atoms. The van der Waals surface area contributed by atoms with Gasteiger partial charge in [-0.3, -0.25) is 4.79 Å². The summed E-state index contributed by atoms with van der Waals surface area (Å²) in [6, 6.07) is 7.19. The van der Waals surface area contributed by atoms with Crippen molar-refractivity contribution in [3.05, 3.63) is 29.8 Å². The fourth-order valence-electron chi connectivity index (χ4n) is 2.13. The van der Waals surface area contributed by atoms with Gasteiger partial charge in [-0.15, -0.1) is 0 Å². The Kier molecular flexibility index (Phi) is 5.18. The Balaban J connectivity index is 1.77. The van der Waals surface area contributed by atoms with E-state index in [0.29, 0.717) is 17.9 Å². The SMILES string of the molecule is COc1cccc(C(=O)NCC[NH+]2CCOCC2)c1. The second-order valence-corrected chi connectivity index (χ2v) is 4.60. The van der Waals surface area contributed by atoms with Crippen LogP contribution in [-0.4, -0.2) is 52.4 Å². The number of carbonyl (C=O) groups excluding carboxylic acids is 1. The van der Waals surface area contributed by atoms with Crippen molar-refractivity contribution in [1.82, 2.24) is 5.32 Å². The fourth-order valence-corrected chi connectivity index (χ4v) is 2.13. The number of hydrogen-bond donors (Lipinski definition) is 2. The molecule has 0 unspecified atom stereocenters. The quantitative estimate of drug-likeness (QED) is 0.743. The van der Waals surface area contributed by atoms with Crippen LogP contribution in [0.5, 0.6) is 5.75 Å². The molecule has 1 heterocycles. The maximum Gasteiger partial charge on any atom is 0.251 e. The predicted octanol–water partition coefficient (Wildman–Crippen LogP) is -0.660. The summed E-state index contributed by atoms with van der Waals surface area (Å²) in [6.45, 7) is 5.31. The minimum atomic E-state index is -0.0495. The first kappa shape index (κ1) is 13.8. The summed E-state index contributed by atoms with van der Waals surface area (Å²) >= 11 is 0. The third-order valence-corrected chi connectivity index (χ3v) is 3.30. The Labute approximate surface area is 113 Å².